The van der Waals surface area contributed by atoms with Gasteiger partial charge in [0.1, 0.15) is 6.04 Å². The summed E-state index contributed by atoms with van der Waals surface area (Å²) in [6.45, 7) is 8.61. The van der Waals surface area contributed by atoms with E-state index in [1.165, 1.54) is 10.6 Å². The summed E-state index contributed by atoms with van der Waals surface area (Å²) >= 11 is 0. The summed E-state index contributed by atoms with van der Waals surface area (Å²) in [5.41, 5.74) is 5.49. The third-order valence-electron chi connectivity index (χ3n) is 6.70. The molecule has 1 atom stereocenters. The number of hydrogen-bond acceptors (Lipinski definition) is 4. The highest BCUT2D eigenvalue weighted by Crippen LogP contribution is 2.23. The fourth-order valence-corrected chi connectivity index (χ4v) is 5.90. The molecule has 1 unspecified atom stereocenters. The summed E-state index contributed by atoms with van der Waals surface area (Å²) in [4.78, 5) is 28.8. The maximum Gasteiger partial charge on any atom is 0.243 e. The van der Waals surface area contributed by atoms with Gasteiger partial charge in [-0.3, -0.25) is 13.9 Å². The minimum absolute atomic E-state index is 0.104. The van der Waals surface area contributed by atoms with Gasteiger partial charge >= 0.3 is 0 Å². The van der Waals surface area contributed by atoms with Crippen LogP contribution in [0, 0.1) is 20.8 Å². The molecular formula is C32H41N3O4S. The molecule has 3 aromatic carbocycles. The molecule has 0 spiro atoms. The van der Waals surface area contributed by atoms with E-state index in [1.807, 2.05) is 100 Å². The maximum absolute atomic E-state index is 13.8. The van der Waals surface area contributed by atoms with Crippen LogP contribution in [0.15, 0.2) is 72.8 Å². The second kappa shape index (κ2) is 14.1. The number of benzene rings is 3. The molecular weight excluding hydrogens is 522 g/mol. The smallest absolute Gasteiger partial charge is 0.243 e. The number of likely N-dealkylation sites (N-methyl/N-ethyl adjacent to an activating group) is 1. The summed E-state index contributed by atoms with van der Waals surface area (Å²) in [6.07, 6.45) is 1.98. The van der Waals surface area contributed by atoms with Gasteiger partial charge in [-0.1, -0.05) is 66.2 Å². The van der Waals surface area contributed by atoms with Crippen molar-refractivity contribution in [2.75, 3.05) is 23.7 Å². The molecule has 0 aliphatic rings. The molecule has 7 nitrogen and oxygen atoms in total. The molecule has 0 bridgehead atoms. The molecule has 3 aromatic rings. The highest BCUT2D eigenvalue weighted by Gasteiger charge is 2.30. The first-order valence-electron chi connectivity index (χ1n) is 13.7. The SMILES string of the molecule is CCNC(=O)C(Cc1ccccc1)N(Cc1cccc(C)c1)C(=O)CCCN(c1cc(C)cc(C)c1)S(C)(=O)=O. The average molecular weight is 564 g/mol. The molecule has 0 saturated carbocycles. The monoisotopic (exact) mass is 563 g/mol. The van der Waals surface area contributed by atoms with E-state index in [-0.39, 0.29) is 31.3 Å². The Kier molecular flexibility index (Phi) is 10.9. The molecule has 40 heavy (non-hydrogen) atoms. The Morgan fingerprint density at radius 3 is 2.10 bits per heavy atom. The van der Waals surface area contributed by atoms with Crippen molar-refractivity contribution in [3.8, 4) is 0 Å². The maximum atomic E-state index is 13.8. The van der Waals surface area contributed by atoms with E-state index in [4.69, 9.17) is 0 Å². The van der Waals surface area contributed by atoms with Crippen molar-refractivity contribution < 1.29 is 18.0 Å². The molecule has 3 rings (SSSR count). The second-order valence-electron chi connectivity index (χ2n) is 10.4. The molecule has 8 heteroatoms. The van der Waals surface area contributed by atoms with Crippen LogP contribution in [0.1, 0.15) is 47.6 Å². The van der Waals surface area contributed by atoms with Gasteiger partial charge in [0.25, 0.3) is 0 Å². The summed E-state index contributed by atoms with van der Waals surface area (Å²) in [5.74, 6) is -0.400. The van der Waals surface area contributed by atoms with Crippen LogP contribution >= 0.6 is 0 Å². The lowest BCUT2D eigenvalue weighted by Gasteiger charge is -2.32. The highest BCUT2D eigenvalue weighted by molar-refractivity contribution is 7.92. The number of rotatable bonds is 13. The lowest BCUT2D eigenvalue weighted by molar-refractivity contribution is -0.141. The number of nitrogens with one attached hydrogen (secondary N) is 1. The normalized spacial score (nSPS) is 12.0. The lowest BCUT2D eigenvalue weighted by Crippen LogP contribution is -2.50. The zero-order valence-corrected chi connectivity index (χ0v) is 25.0. The largest absolute Gasteiger partial charge is 0.355 e. The zero-order chi connectivity index (χ0) is 29.3. The van der Waals surface area contributed by atoms with Crippen molar-refractivity contribution >= 4 is 27.5 Å². The Hall–Kier alpha value is -3.65. The Bertz CT molecular complexity index is 1390. The molecule has 0 aliphatic carbocycles. The van der Waals surface area contributed by atoms with Gasteiger partial charge in [0.2, 0.25) is 21.8 Å². The van der Waals surface area contributed by atoms with Gasteiger partial charge in [-0.25, -0.2) is 8.42 Å². The molecule has 0 saturated heterocycles. The van der Waals surface area contributed by atoms with Crippen LogP contribution in [-0.2, 0) is 32.6 Å². The van der Waals surface area contributed by atoms with Crippen LogP contribution in [0.5, 0.6) is 0 Å². The second-order valence-corrected chi connectivity index (χ2v) is 12.3. The van der Waals surface area contributed by atoms with E-state index < -0.39 is 16.1 Å². The number of carbonyl (C=O) groups excluding carboxylic acids is 2. The minimum Gasteiger partial charge on any atom is -0.355 e. The molecule has 0 aromatic heterocycles. The highest BCUT2D eigenvalue weighted by atomic mass is 32.2. The van der Waals surface area contributed by atoms with Crippen LogP contribution in [-0.4, -0.2) is 50.5 Å². The molecule has 0 fully saturated rings. The number of nitrogens with zero attached hydrogens (tertiary/aromatic N) is 2. The fraction of sp³-hybridized carbons (Fsp3) is 0.375. The van der Waals surface area contributed by atoms with E-state index in [9.17, 15) is 18.0 Å². The first-order valence-corrected chi connectivity index (χ1v) is 15.6. The van der Waals surface area contributed by atoms with Gasteiger partial charge in [-0.15, -0.1) is 0 Å². The molecule has 2 amide bonds. The summed E-state index contributed by atoms with van der Waals surface area (Å²) in [5, 5.41) is 2.90. The number of sulfonamides is 1. The number of anilines is 1. The molecule has 0 heterocycles. The standard InChI is InChI=1S/C32H41N3O4S/c1-6-33-32(37)30(22-27-13-8-7-9-14-27)34(23-28-15-10-12-24(2)19-28)31(36)16-11-17-35(40(5,38)39)29-20-25(3)18-26(4)21-29/h7-10,12-15,18-21,30H,6,11,16-17,22-23H2,1-5H3,(H,33,37). The van der Waals surface area contributed by atoms with Gasteiger partial charge in [0.15, 0.2) is 0 Å². The topological polar surface area (TPSA) is 86.8 Å². The van der Waals surface area contributed by atoms with Gasteiger partial charge in [0.05, 0.1) is 11.9 Å². The van der Waals surface area contributed by atoms with E-state index in [2.05, 4.69) is 5.32 Å². The van der Waals surface area contributed by atoms with E-state index in [0.29, 0.717) is 25.1 Å². The van der Waals surface area contributed by atoms with Crippen LogP contribution in [0.4, 0.5) is 5.69 Å². The van der Waals surface area contributed by atoms with Crippen LogP contribution in [0.2, 0.25) is 0 Å². The minimum atomic E-state index is -3.56. The number of amides is 2. The van der Waals surface area contributed by atoms with Crippen molar-refractivity contribution in [3.05, 3.63) is 101 Å². The number of hydrogen-bond donors (Lipinski definition) is 1. The quantitative estimate of drug-likeness (QED) is 0.319. The third kappa shape index (κ3) is 8.95. The fourth-order valence-electron chi connectivity index (χ4n) is 4.95. The van der Waals surface area contributed by atoms with Crippen molar-refractivity contribution in [1.29, 1.82) is 0 Å². The van der Waals surface area contributed by atoms with Crippen LogP contribution in [0.25, 0.3) is 0 Å². The first-order chi connectivity index (χ1) is 19.0. The first kappa shape index (κ1) is 30.9. The predicted molar refractivity (Wildman–Crippen MR) is 162 cm³/mol. The summed E-state index contributed by atoms with van der Waals surface area (Å²) < 4.78 is 26.7. The Labute approximate surface area is 239 Å². The third-order valence-corrected chi connectivity index (χ3v) is 7.90. The summed E-state index contributed by atoms with van der Waals surface area (Å²) in [6, 6.07) is 22.5. The van der Waals surface area contributed by atoms with Crippen LogP contribution in [0.3, 0.4) is 0 Å². The van der Waals surface area contributed by atoms with E-state index in [1.54, 1.807) is 4.90 Å². The van der Waals surface area contributed by atoms with Crippen molar-refractivity contribution in [1.82, 2.24) is 10.2 Å². The Morgan fingerprint density at radius 2 is 1.50 bits per heavy atom. The van der Waals surface area contributed by atoms with Crippen molar-refractivity contribution in [3.63, 3.8) is 0 Å². The predicted octanol–water partition coefficient (Wildman–Crippen LogP) is 4.93. The van der Waals surface area contributed by atoms with Gasteiger partial charge in [-0.2, -0.15) is 0 Å². The van der Waals surface area contributed by atoms with Gasteiger partial charge in [0, 0.05) is 32.5 Å². The molecule has 214 valence electrons. The lowest BCUT2D eigenvalue weighted by atomic mass is 10.0. The van der Waals surface area contributed by atoms with E-state index in [0.717, 1.165) is 27.8 Å². The average Bonchev–Trinajstić information content (AvgIpc) is 2.88. The van der Waals surface area contributed by atoms with Gasteiger partial charge < -0.3 is 10.2 Å². The van der Waals surface area contributed by atoms with Crippen molar-refractivity contribution in [2.45, 2.75) is 59.5 Å². The zero-order valence-electron chi connectivity index (χ0n) is 24.2. The molecule has 1 N–H and O–H groups in total. The molecule has 0 aliphatic heterocycles. The van der Waals surface area contributed by atoms with Crippen LogP contribution < -0.4 is 9.62 Å². The Morgan fingerprint density at radius 1 is 0.850 bits per heavy atom. The van der Waals surface area contributed by atoms with Gasteiger partial charge in [-0.05, 0) is 68.5 Å². The number of carbonyl (C=O) groups is 2. The van der Waals surface area contributed by atoms with Crippen molar-refractivity contribution in [2.24, 2.45) is 0 Å². The summed E-state index contributed by atoms with van der Waals surface area (Å²) in [7, 11) is -3.56. The number of aryl methyl sites for hydroxylation is 3. The van der Waals surface area contributed by atoms with E-state index >= 15 is 0 Å². The molecule has 0 radical (unpaired) electrons. The Balaban J connectivity index is 1.87.